The Labute approximate surface area is 89.7 Å². The van der Waals surface area contributed by atoms with Crippen molar-refractivity contribution < 1.29 is 14.7 Å². The maximum Gasteiger partial charge on any atom is 0.337 e. The average molecular weight is 220 g/mol. The molecule has 0 aliphatic carbocycles. The fraction of sp³-hybridized carbons (Fsp3) is 0.111. The number of fused-ring (bicyclic) bond motifs is 1. The van der Waals surface area contributed by atoms with Gasteiger partial charge in [0.05, 0.1) is 5.56 Å². The standard InChI is InChI=1S/C9H8N4O3/c1-5(14)10-9-11-7-3-2-6(8(15)16)4-13(7)12-9/h2-4H,1H3,(H,15,16)(H,10,12,14). The van der Waals surface area contributed by atoms with Crippen LogP contribution in [0.5, 0.6) is 0 Å². The third-order valence-corrected chi connectivity index (χ3v) is 1.87. The molecule has 2 rings (SSSR count). The van der Waals surface area contributed by atoms with Gasteiger partial charge in [0.25, 0.3) is 0 Å². The monoisotopic (exact) mass is 220 g/mol. The molecular formula is C9H8N4O3. The molecule has 0 saturated carbocycles. The number of hydrogen-bond donors (Lipinski definition) is 2. The Morgan fingerprint density at radius 1 is 1.44 bits per heavy atom. The Morgan fingerprint density at radius 2 is 2.19 bits per heavy atom. The first-order valence-corrected chi connectivity index (χ1v) is 4.43. The van der Waals surface area contributed by atoms with Crippen molar-refractivity contribution in [3.05, 3.63) is 23.9 Å². The summed E-state index contributed by atoms with van der Waals surface area (Å²) in [5, 5.41) is 15.1. The molecule has 2 N–H and O–H groups in total. The van der Waals surface area contributed by atoms with Gasteiger partial charge in [-0.25, -0.2) is 9.31 Å². The number of hydrogen-bond acceptors (Lipinski definition) is 4. The van der Waals surface area contributed by atoms with E-state index in [1.165, 1.54) is 29.8 Å². The highest BCUT2D eigenvalue weighted by atomic mass is 16.4. The molecule has 0 radical (unpaired) electrons. The van der Waals surface area contributed by atoms with Crippen LogP contribution in [0.15, 0.2) is 18.3 Å². The van der Waals surface area contributed by atoms with Crippen molar-refractivity contribution in [3.63, 3.8) is 0 Å². The Bertz CT molecular complexity index is 575. The summed E-state index contributed by atoms with van der Waals surface area (Å²) in [5.41, 5.74) is 0.570. The van der Waals surface area contributed by atoms with Crippen molar-refractivity contribution in [2.75, 3.05) is 5.32 Å². The SMILES string of the molecule is CC(=O)Nc1nc2ccc(C(=O)O)cn2n1. The first-order chi connectivity index (χ1) is 7.56. The predicted octanol–water partition coefficient (Wildman–Crippen LogP) is 0.386. The molecule has 2 heterocycles. The van der Waals surface area contributed by atoms with E-state index in [-0.39, 0.29) is 17.4 Å². The van der Waals surface area contributed by atoms with Crippen LogP contribution in [0.3, 0.4) is 0 Å². The molecule has 82 valence electrons. The van der Waals surface area contributed by atoms with Crippen molar-refractivity contribution in [1.82, 2.24) is 14.6 Å². The fourth-order valence-electron chi connectivity index (χ4n) is 1.22. The highest BCUT2D eigenvalue weighted by molar-refractivity contribution is 5.88. The van der Waals surface area contributed by atoms with E-state index < -0.39 is 5.97 Å². The third kappa shape index (κ3) is 1.83. The number of pyridine rings is 1. The van der Waals surface area contributed by atoms with Crippen LogP contribution >= 0.6 is 0 Å². The Morgan fingerprint density at radius 3 is 2.81 bits per heavy atom. The molecule has 0 aliphatic rings. The van der Waals surface area contributed by atoms with E-state index in [0.717, 1.165) is 0 Å². The number of aromatic nitrogens is 3. The van der Waals surface area contributed by atoms with Gasteiger partial charge in [-0.15, -0.1) is 5.10 Å². The predicted molar refractivity (Wildman–Crippen MR) is 54.3 cm³/mol. The van der Waals surface area contributed by atoms with Crippen LogP contribution in [0.4, 0.5) is 5.95 Å². The van der Waals surface area contributed by atoms with Crippen LogP contribution in [-0.4, -0.2) is 31.6 Å². The summed E-state index contributed by atoms with van der Waals surface area (Å²) in [7, 11) is 0. The number of aromatic carboxylic acids is 1. The zero-order chi connectivity index (χ0) is 11.7. The van der Waals surface area contributed by atoms with Gasteiger partial charge in [-0.3, -0.25) is 10.1 Å². The molecule has 0 aliphatic heterocycles. The van der Waals surface area contributed by atoms with Crippen LogP contribution in [0.25, 0.3) is 5.65 Å². The second kappa shape index (κ2) is 3.61. The minimum Gasteiger partial charge on any atom is -0.478 e. The zero-order valence-corrected chi connectivity index (χ0v) is 8.34. The molecule has 16 heavy (non-hydrogen) atoms. The molecule has 7 heteroatoms. The van der Waals surface area contributed by atoms with Gasteiger partial charge in [0, 0.05) is 13.1 Å². The Kier molecular flexibility index (Phi) is 2.28. The van der Waals surface area contributed by atoms with E-state index in [2.05, 4.69) is 15.4 Å². The Balaban J connectivity index is 2.45. The summed E-state index contributed by atoms with van der Waals surface area (Å²) < 4.78 is 1.30. The van der Waals surface area contributed by atoms with Gasteiger partial charge >= 0.3 is 5.97 Å². The zero-order valence-electron chi connectivity index (χ0n) is 8.34. The van der Waals surface area contributed by atoms with Gasteiger partial charge in [-0.2, -0.15) is 4.98 Å². The summed E-state index contributed by atoms with van der Waals surface area (Å²) in [5.74, 6) is -1.18. The van der Waals surface area contributed by atoms with Crippen molar-refractivity contribution >= 4 is 23.5 Å². The number of nitrogens with one attached hydrogen (secondary N) is 1. The normalized spacial score (nSPS) is 10.3. The number of rotatable bonds is 2. The summed E-state index contributed by atoms with van der Waals surface area (Å²) >= 11 is 0. The number of anilines is 1. The largest absolute Gasteiger partial charge is 0.478 e. The van der Waals surface area contributed by atoms with Crippen LogP contribution in [0.2, 0.25) is 0 Å². The highest BCUT2D eigenvalue weighted by Gasteiger charge is 2.08. The number of carboxylic acids is 1. The number of nitrogens with zero attached hydrogens (tertiary/aromatic N) is 3. The summed E-state index contributed by atoms with van der Waals surface area (Å²) in [4.78, 5) is 25.4. The smallest absolute Gasteiger partial charge is 0.337 e. The highest BCUT2D eigenvalue weighted by Crippen LogP contribution is 2.07. The lowest BCUT2D eigenvalue weighted by atomic mass is 10.3. The summed E-state index contributed by atoms with van der Waals surface area (Å²) in [6.45, 7) is 1.34. The Hall–Kier alpha value is -2.44. The van der Waals surface area contributed by atoms with E-state index >= 15 is 0 Å². The summed E-state index contributed by atoms with van der Waals surface area (Å²) in [6, 6.07) is 2.94. The number of amides is 1. The molecule has 2 aromatic rings. The molecule has 0 atom stereocenters. The van der Waals surface area contributed by atoms with Gasteiger partial charge in [-0.05, 0) is 12.1 Å². The lowest BCUT2D eigenvalue weighted by molar-refractivity contribution is -0.114. The van der Waals surface area contributed by atoms with Gasteiger partial charge in [0.2, 0.25) is 11.9 Å². The number of carbonyl (C=O) groups excluding carboxylic acids is 1. The van der Waals surface area contributed by atoms with E-state index in [1.54, 1.807) is 0 Å². The van der Waals surface area contributed by atoms with Crippen LogP contribution in [0, 0.1) is 0 Å². The van der Waals surface area contributed by atoms with Crippen molar-refractivity contribution in [1.29, 1.82) is 0 Å². The first kappa shape index (κ1) is 10.1. The van der Waals surface area contributed by atoms with Crippen molar-refractivity contribution in [3.8, 4) is 0 Å². The molecule has 0 aromatic carbocycles. The van der Waals surface area contributed by atoms with Crippen LogP contribution < -0.4 is 5.32 Å². The van der Waals surface area contributed by atoms with E-state index in [9.17, 15) is 9.59 Å². The van der Waals surface area contributed by atoms with Crippen LogP contribution in [-0.2, 0) is 4.79 Å². The third-order valence-electron chi connectivity index (χ3n) is 1.87. The molecule has 0 bridgehead atoms. The number of carboxylic acid groups (broad SMARTS) is 1. The van der Waals surface area contributed by atoms with Crippen molar-refractivity contribution in [2.24, 2.45) is 0 Å². The molecular weight excluding hydrogens is 212 g/mol. The van der Waals surface area contributed by atoms with Gasteiger partial charge in [0.15, 0.2) is 5.65 Å². The van der Waals surface area contributed by atoms with E-state index in [1.807, 2.05) is 0 Å². The maximum atomic E-state index is 10.8. The van der Waals surface area contributed by atoms with E-state index in [4.69, 9.17) is 5.11 Å². The molecule has 0 fully saturated rings. The van der Waals surface area contributed by atoms with Crippen molar-refractivity contribution in [2.45, 2.75) is 6.92 Å². The maximum absolute atomic E-state index is 10.8. The lowest BCUT2D eigenvalue weighted by Crippen LogP contribution is -2.07. The minimum absolute atomic E-state index is 0.103. The van der Waals surface area contributed by atoms with Gasteiger partial charge in [-0.1, -0.05) is 0 Å². The molecule has 0 saturated heterocycles. The first-order valence-electron chi connectivity index (χ1n) is 4.43. The minimum atomic E-state index is -1.04. The van der Waals surface area contributed by atoms with E-state index in [0.29, 0.717) is 5.65 Å². The second-order valence-electron chi connectivity index (χ2n) is 3.14. The van der Waals surface area contributed by atoms with Gasteiger partial charge < -0.3 is 5.11 Å². The quantitative estimate of drug-likeness (QED) is 0.762. The summed E-state index contributed by atoms with van der Waals surface area (Å²) in [6.07, 6.45) is 1.33. The van der Waals surface area contributed by atoms with Gasteiger partial charge in [0.1, 0.15) is 0 Å². The molecule has 7 nitrogen and oxygen atoms in total. The molecule has 2 aromatic heterocycles. The van der Waals surface area contributed by atoms with Crippen LogP contribution in [0.1, 0.15) is 17.3 Å². The molecule has 0 unspecified atom stereocenters. The second-order valence-corrected chi connectivity index (χ2v) is 3.14. The lowest BCUT2D eigenvalue weighted by Gasteiger charge is -1.93. The molecule has 0 spiro atoms. The topological polar surface area (TPSA) is 96.6 Å². The molecule has 1 amide bonds. The average Bonchev–Trinajstić information content (AvgIpc) is 2.56. The number of carbonyl (C=O) groups is 2. The fourth-order valence-corrected chi connectivity index (χ4v) is 1.22.